The molecule has 0 aliphatic carbocycles. The highest BCUT2D eigenvalue weighted by atomic mass is 35.5. The molecule has 0 aromatic heterocycles. The van der Waals surface area contributed by atoms with Crippen LogP contribution in [0.25, 0.3) is 0 Å². The molecule has 0 bridgehead atoms. The SMILES string of the molecule is NC1CCCN(C(=O)C2CCN(c3cc(Cl)ccc3Cl)C2=O)C1. The number of amides is 2. The van der Waals surface area contributed by atoms with Crippen LogP contribution in [-0.4, -0.2) is 42.4 Å². The summed E-state index contributed by atoms with van der Waals surface area (Å²) in [5, 5.41) is 0.963. The molecule has 5 nitrogen and oxygen atoms in total. The topological polar surface area (TPSA) is 66.6 Å². The van der Waals surface area contributed by atoms with Crippen LogP contribution < -0.4 is 10.6 Å². The normalized spacial score (nSPS) is 25.1. The minimum absolute atomic E-state index is 0.00248. The highest BCUT2D eigenvalue weighted by Crippen LogP contribution is 2.34. The summed E-state index contributed by atoms with van der Waals surface area (Å²) in [6.45, 7) is 1.67. The summed E-state index contributed by atoms with van der Waals surface area (Å²) in [5.74, 6) is -0.973. The summed E-state index contributed by atoms with van der Waals surface area (Å²) in [6.07, 6.45) is 2.30. The van der Waals surface area contributed by atoms with E-state index in [4.69, 9.17) is 28.9 Å². The number of piperidine rings is 1. The fourth-order valence-corrected chi connectivity index (χ4v) is 3.66. The Morgan fingerprint density at radius 2 is 2.00 bits per heavy atom. The van der Waals surface area contributed by atoms with Gasteiger partial charge in [-0.15, -0.1) is 0 Å². The number of nitrogens with zero attached hydrogens (tertiary/aromatic N) is 2. The van der Waals surface area contributed by atoms with E-state index in [0.717, 1.165) is 12.8 Å². The zero-order valence-corrected chi connectivity index (χ0v) is 14.2. The molecule has 124 valence electrons. The second kappa shape index (κ2) is 6.67. The van der Waals surface area contributed by atoms with Gasteiger partial charge in [-0.1, -0.05) is 23.2 Å². The van der Waals surface area contributed by atoms with E-state index < -0.39 is 5.92 Å². The fraction of sp³-hybridized carbons (Fsp3) is 0.500. The zero-order valence-electron chi connectivity index (χ0n) is 12.7. The van der Waals surface area contributed by atoms with E-state index in [1.54, 1.807) is 28.0 Å². The van der Waals surface area contributed by atoms with Gasteiger partial charge in [0, 0.05) is 30.7 Å². The third-order valence-corrected chi connectivity index (χ3v) is 5.03. The van der Waals surface area contributed by atoms with Gasteiger partial charge in [0.25, 0.3) is 0 Å². The number of halogens is 2. The first-order valence-corrected chi connectivity index (χ1v) is 8.54. The average molecular weight is 356 g/mol. The Kier molecular flexibility index (Phi) is 4.80. The lowest BCUT2D eigenvalue weighted by molar-refractivity contribution is -0.140. The van der Waals surface area contributed by atoms with E-state index in [1.165, 1.54) is 0 Å². The van der Waals surface area contributed by atoms with Gasteiger partial charge in [-0.25, -0.2) is 0 Å². The van der Waals surface area contributed by atoms with Gasteiger partial charge in [-0.05, 0) is 37.5 Å². The predicted octanol–water partition coefficient (Wildman–Crippen LogP) is 2.30. The monoisotopic (exact) mass is 355 g/mol. The molecular formula is C16H19Cl2N3O2. The van der Waals surface area contributed by atoms with Gasteiger partial charge in [0.2, 0.25) is 11.8 Å². The van der Waals surface area contributed by atoms with Crippen molar-refractivity contribution in [2.75, 3.05) is 24.5 Å². The lowest BCUT2D eigenvalue weighted by atomic mass is 10.0. The summed E-state index contributed by atoms with van der Waals surface area (Å²) < 4.78 is 0. The van der Waals surface area contributed by atoms with Gasteiger partial charge in [-0.2, -0.15) is 0 Å². The summed E-state index contributed by atoms with van der Waals surface area (Å²) >= 11 is 12.2. The van der Waals surface area contributed by atoms with Crippen molar-refractivity contribution in [1.29, 1.82) is 0 Å². The molecular weight excluding hydrogens is 337 g/mol. The first-order chi connectivity index (χ1) is 11.0. The minimum Gasteiger partial charge on any atom is -0.340 e. The first kappa shape index (κ1) is 16.6. The number of anilines is 1. The second-order valence-electron chi connectivity index (χ2n) is 6.11. The maximum absolute atomic E-state index is 12.7. The lowest BCUT2D eigenvalue weighted by Crippen LogP contribution is -2.49. The summed E-state index contributed by atoms with van der Waals surface area (Å²) in [5.41, 5.74) is 6.49. The van der Waals surface area contributed by atoms with Crippen LogP contribution >= 0.6 is 23.2 Å². The third kappa shape index (κ3) is 3.32. The standard InChI is InChI=1S/C16H19Cl2N3O2/c17-10-3-4-13(18)14(8-10)21-7-5-12(16(21)23)15(22)20-6-1-2-11(19)9-20/h3-4,8,11-12H,1-2,5-7,9,19H2. The Hall–Kier alpha value is -1.30. The van der Waals surface area contributed by atoms with Gasteiger partial charge in [0.05, 0.1) is 10.7 Å². The molecule has 2 fully saturated rings. The van der Waals surface area contributed by atoms with Gasteiger partial charge in [0.1, 0.15) is 5.92 Å². The van der Waals surface area contributed by atoms with Crippen LogP contribution in [0, 0.1) is 5.92 Å². The predicted molar refractivity (Wildman–Crippen MR) is 90.7 cm³/mol. The van der Waals surface area contributed by atoms with Crippen LogP contribution in [0.2, 0.25) is 10.0 Å². The summed E-state index contributed by atoms with van der Waals surface area (Å²) in [7, 11) is 0. The highest BCUT2D eigenvalue weighted by Gasteiger charge is 2.40. The Balaban J connectivity index is 1.76. The number of hydrogen-bond acceptors (Lipinski definition) is 3. The van der Waals surface area contributed by atoms with E-state index in [1.807, 2.05) is 0 Å². The second-order valence-corrected chi connectivity index (χ2v) is 6.96. The fourth-order valence-electron chi connectivity index (χ4n) is 3.27. The molecule has 2 saturated heterocycles. The quantitative estimate of drug-likeness (QED) is 0.827. The molecule has 2 amide bonds. The van der Waals surface area contributed by atoms with Crippen LogP contribution in [0.3, 0.4) is 0 Å². The van der Waals surface area contributed by atoms with Crippen molar-refractivity contribution in [3.8, 4) is 0 Å². The molecule has 0 spiro atoms. The van der Waals surface area contributed by atoms with E-state index in [2.05, 4.69) is 0 Å². The van der Waals surface area contributed by atoms with Crippen LogP contribution in [0.4, 0.5) is 5.69 Å². The van der Waals surface area contributed by atoms with E-state index >= 15 is 0 Å². The maximum atomic E-state index is 12.7. The van der Waals surface area contributed by atoms with Crippen molar-refractivity contribution in [2.24, 2.45) is 11.7 Å². The summed E-state index contributed by atoms with van der Waals surface area (Å²) in [4.78, 5) is 28.6. The van der Waals surface area contributed by atoms with Gasteiger partial charge < -0.3 is 15.5 Å². The maximum Gasteiger partial charge on any atom is 0.239 e. The van der Waals surface area contributed by atoms with Crippen molar-refractivity contribution >= 4 is 40.7 Å². The molecule has 1 aromatic carbocycles. The van der Waals surface area contributed by atoms with Crippen molar-refractivity contribution in [3.05, 3.63) is 28.2 Å². The number of benzene rings is 1. The van der Waals surface area contributed by atoms with Gasteiger partial charge in [0.15, 0.2) is 0 Å². The molecule has 2 aliphatic heterocycles. The van der Waals surface area contributed by atoms with Crippen molar-refractivity contribution in [1.82, 2.24) is 4.90 Å². The molecule has 1 aromatic rings. The molecule has 2 aliphatic rings. The van der Waals surface area contributed by atoms with Gasteiger partial charge in [-0.3, -0.25) is 9.59 Å². The molecule has 2 atom stereocenters. The molecule has 0 radical (unpaired) electrons. The van der Waals surface area contributed by atoms with Crippen LogP contribution in [-0.2, 0) is 9.59 Å². The molecule has 3 rings (SSSR count). The van der Waals surface area contributed by atoms with E-state index in [9.17, 15) is 9.59 Å². The van der Waals surface area contributed by atoms with E-state index in [-0.39, 0.29) is 17.9 Å². The summed E-state index contributed by atoms with van der Waals surface area (Å²) in [6, 6.07) is 4.99. The molecule has 0 saturated carbocycles. The number of nitrogens with two attached hydrogens (primary N) is 1. The number of hydrogen-bond donors (Lipinski definition) is 1. The molecule has 2 N–H and O–H groups in total. The number of likely N-dealkylation sites (tertiary alicyclic amines) is 1. The Morgan fingerprint density at radius 3 is 2.74 bits per heavy atom. The van der Waals surface area contributed by atoms with E-state index in [0.29, 0.717) is 41.8 Å². The van der Waals surface area contributed by atoms with Crippen molar-refractivity contribution in [2.45, 2.75) is 25.3 Å². The van der Waals surface area contributed by atoms with Crippen molar-refractivity contribution in [3.63, 3.8) is 0 Å². The van der Waals surface area contributed by atoms with Crippen LogP contribution in [0.1, 0.15) is 19.3 Å². The Bertz CT molecular complexity index is 638. The average Bonchev–Trinajstić information content (AvgIpc) is 2.90. The minimum atomic E-state index is -0.643. The highest BCUT2D eigenvalue weighted by molar-refractivity contribution is 6.36. The molecule has 7 heteroatoms. The molecule has 2 unspecified atom stereocenters. The number of carbonyl (C=O) groups excluding carboxylic acids is 2. The lowest BCUT2D eigenvalue weighted by Gasteiger charge is -2.32. The molecule has 23 heavy (non-hydrogen) atoms. The Morgan fingerprint density at radius 1 is 1.22 bits per heavy atom. The number of carbonyl (C=O) groups is 2. The number of rotatable bonds is 2. The third-order valence-electron chi connectivity index (χ3n) is 4.47. The van der Waals surface area contributed by atoms with Gasteiger partial charge >= 0.3 is 0 Å². The molecule has 2 heterocycles. The Labute approximate surface area is 145 Å². The van der Waals surface area contributed by atoms with Crippen LogP contribution in [0.15, 0.2) is 18.2 Å². The largest absolute Gasteiger partial charge is 0.340 e. The smallest absolute Gasteiger partial charge is 0.239 e. The zero-order chi connectivity index (χ0) is 16.6. The van der Waals surface area contributed by atoms with Crippen LogP contribution in [0.5, 0.6) is 0 Å². The van der Waals surface area contributed by atoms with Crippen molar-refractivity contribution < 1.29 is 9.59 Å². The first-order valence-electron chi connectivity index (χ1n) is 7.78.